The van der Waals surface area contributed by atoms with E-state index in [0.29, 0.717) is 79.7 Å². The van der Waals surface area contributed by atoms with Crippen LogP contribution in [0, 0.1) is 58.3 Å². The number of rotatable bonds is 70. The van der Waals surface area contributed by atoms with Crippen molar-refractivity contribution in [2.45, 2.75) is 441 Å². The molecule has 0 amide bonds. The summed E-state index contributed by atoms with van der Waals surface area (Å²) in [4.78, 5) is 87.1. The van der Waals surface area contributed by atoms with E-state index in [0.717, 1.165) is 167 Å². The zero-order valence-electron chi connectivity index (χ0n) is 66.9. The third-order valence-corrected chi connectivity index (χ3v) is 22.9. The van der Waals surface area contributed by atoms with Crippen LogP contribution in [0.15, 0.2) is 0 Å². The van der Waals surface area contributed by atoms with Crippen molar-refractivity contribution in [1.82, 2.24) is 0 Å². The highest BCUT2D eigenvalue weighted by Crippen LogP contribution is 2.54. The lowest BCUT2D eigenvalue weighted by Gasteiger charge is -2.26. The summed E-state index contributed by atoms with van der Waals surface area (Å²) in [6.07, 6.45) is 65.8. The van der Waals surface area contributed by atoms with Crippen LogP contribution >= 0.6 is 23.5 Å². The molecule has 616 valence electrons. The molecule has 4 N–H and O–H groups in total. The van der Waals surface area contributed by atoms with Crippen LogP contribution in [0.2, 0.25) is 0 Å². The molecule has 2 saturated carbocycles. The number of carbonyl (C=O) groups is 4. The van der Waals surface area contributed by atoms with Gasteiger partial charge in [0.25, 0.3) is 0 Å². The van der Waals surface area contributed by atoms with Gasteiger partial charge < -0.3 is 45.7 Å². The van der Waals surface area contributed by atoms with Crippen molar-refractivity contribution >= 4 is 72.7 Å². The number of hydrogen-bond donors (Lipinski definition) is 4. The molecular weight excluding hydrogens is 1400 g/mol. The molecule has 0 aromatic carbocycles. The van der Waals surface area contributed by atoms with E-state index in [1.165, 1.54) is 141 Å². The normalized spacial score (nSPS) is 16.9. The van der Waals surface area contributed by atoms with Gasteiger partial charge in [-0.2, -0.15) is 36.0 Å². The number of nitrogens with zero attached hydrogens (tertiary/aromatic N) is 4. The van der Waals surface area contributed by atoms with Crippen molar-refractivity contribution in [2.24, 2.45) is 11.8 Å². The van der Waals surface area contributed by atoms with E-state index in [9.17, 15) is 59.6 Å². The summed E-state index contributed by atoms with van der Waals surface area (Å²) >= 11 is 11.7. The van der Waals surface area contributed by atoms with Gasteiger partial charge >= 0.3 is 23.9 Å². The molecule has 0 bridgehead atoms. The van der Waals surface area contributed by atoms with Gasteiger partial charge in [-0.15, -0.1) is 11.3 Å². The molecule has 0 radical (unpaired) electrons. The second-order valence-electron chi connectivity index (χ2n) is 29.4. The summed E-state index contributed by atoms with van der Waals surface area (Å²) in [5, 5.41) is 80.7. The molecule has 2 aliphatic carbocycles. The first kappa shape index (κ1) is 107. The molecule has 0 aromatic heterocycles. The highest BCUT2D eigenvalue weighted by Gasteiger charge is 2.65. The van der Waals surface area contributed by atoms with E-state index in [4.69, 9.17) is 20.4 Å². The molecular formula is C80H153N4O16S4-3. The van der Waals surface area contributed by atoms with Gasteiger partial charge in [0.1, 0.15) is 0 Å². The fraction of sp³-hybridized carbons (Fsp3) is 0.938. The number of carboxylic acids is 4. The zero-order chi connectivity index (χ0) is 78.9. The Hall–Kier alpha value is -3.25. The molecule has 0 heterocycles. The Bertz CT molecular complexity index is 1940. The molecule has 7 atom stereocenters. The number of thioether (sulfide) groups is 2. The number of unbranched alkanes of at least 4 members (excludes halogenated alkanes) is 36. The van der Waals surface area contributed by atoms with Crippen molar-refractivity contribution in [1.29, 1.82) is 0 Å². The first-order valence-corrected chi connectivity index (χ1v) is 45.4. The van der Waals surface area contributed by atoms with Crippen molar-refractivity contribution in [3.05, 3.63) is 46.5 Å². The lowest BCUT2D eigenvalue weighted by atomic mass is 10.00. The summed E-state index contributed by atoms with van der Waals surface area (Å²) in [6.45, 7) is 8.86. The Balaban J connectivity index is -0.000000630. The summed E-state index contributed by atoms with van der Waals surface area (Å²) in [7, 11) is 0. The minimum absolute atomic E-state index is 0.0147. The van der Waals surface area contributed by atoms with Gasteiger partial charge in [-0.25, -0.2) is 0 Å². The van der Waals surface area contributed by atoms with Gasteiger partial charge in [-0.05, 0) is 94.4 Å². The second kappa shape index (κ2) is 76.5. The molecule has 0 spiro atoms. The Morgan fingerprint density at radius 1 is 0.394 bits per heavy atom. The number of nitro groups is 4. The van der Waals surface area contributed by atoms with E-state index < -0.39 is 41.0 Å². The van der Waals surface area contributed by atoms with E-state index in [2.05, 4.69) is 65.5 Å². The number of aliphatic carboxylic acids is 4. The fourth-order valence-electron chi connectivity index (χ4n) is 13.9. The minimum atomic E-state index is -0.748. The lowest BCUT2D eigenvalue weighted by molar-refractivity contribution is -0.544. The molecule has 7 unspecified atom stereocenters. The summed E-state index contributed by atoms with van der Waals surface area (Å²) in [6, 6.07) is 0.0485. The van der Waals surface area contributed by atoms with Crippen LogP contribution in [0.25, 0.3) is 0 Å². The third-order valence-electron chi connectivity index (χ3n) is 20.7. The number of carboxylic acid groups (broad SMARTS) is 4. The average molecular weight is 1560 g/mol. The monoisotopic (exact) mass is 1550 g/mol. The first-order valence-electron chi connectivity index (χ1n) is 41.2. The molecule has 2 rings (SSSR count). The maximum absolute atomic E-state index is 11.4. The predicted octanol–water partition coefficient (Wildman–Crippen LogP) is 24.3. The maximum Gasteiger partial charge on any atom is 0.303 e. The van der Waals surface area contributed by atoms with Crippen LogP contribution in [0.5, 0.6) is 0 Å². The van der Waals surface area contributed by atoms with Crippen LogP contribution in [-0.2, 0) is 44.4 Å². The molecule has 20 nitrogen and oxygen atoms in total. The van der Waals surface area contributed by atoms with Gasteiger partial charge in [-0.3, -0.25) is 59.6 Å². The van der Waals surface area contributed by atoms with Crippen LogP contribution in [0.4, 0.5) is 0 Å². The summed E-state index contributed by atoms with van der Waals surface area (Å²) in [5.74, 6) is -2.37. The Labute approximate surface area is 652 Å². The third kappa shape index (κ3) is 64.7. The average Bonchev–Trinajstić information content (AvgIpc) is 1.61. The Morgan fingerprint density at radius 3 is 0.952 bits per heavy atom. The quantitative estimate of drug-likeness (QED) is 0.0144. The first-order chi connectivity index (χ1) is 50.1. The van der Waals surface area contributed by atoms with Crippen LogP contribution in [-0.4, -0.2) is 117 Å². The molecule has 0 saturated heterocycles. The van der Waals surface area contributed by atoms with Gasteiger partial charge in [0.05, 0.1) is 0 Å². The minimum Gasteiger partial charge on any atom is -0.796 e. The summed E-state index contributed by atoms with van der Waals surface area (Å²) in [5.41, 5.74) is -1.24. The van der Waals surface area contributed by atoms with Crippen molar-refractivity contribution in [3.63, 3.8) is 0 Å². The maximum atomic E-state index is 11.4. The lowest BCUT2D eigenvalue weighted by Crippen LogP contribution is -2.24. The fourth-order valence-corrected chi connectivity index (χ4v) is 15.5. The van der Waals surface area contributed by atoms with Crippen LogP contribution in [0.3, 0.4) is 0 Å². The van der Waals surface area contributed by atoms with Crippen molar-refractivity contribution in [2.75, 3.05) is 25.0 Å². The predicted molar refractivity (Wildman–Crippen MR) is 439 cm³/mol. The second-order valence-corrected chi connectivity index (χ2v) is 31.6. The Kier molecular flexibility index (Phi) is 78.8. The smallest absolute Gasteiger partial charge is 0.303 e. The highest BCUT2D eigenvalue weighted by molar-refractivity contribution is 7.99. The molecule has 2 fully saturated rings. The van der Waals surface area contributed by atoms with Crippen LogP contribution in [0.1, 0.15) is 413 Å². The molecule has 24 heteroatoms. The summed E-state index contributed by atoms with van der Waals surface area (Å²) < 4.78 is 0. The van der Waals surface area contributed by atoms with Gasteiger partial charge in [-0.1, -0.05) is 272 Å². The molecule has 2 aliphatic rings. The SMILES string of the molecule is CCCCCCCCC(CC(CCCCCCCC(=O)O)[N+](=O)[O-])SC.CCCCCCCCC(C[C-](CCCCCCCC(=O)O)[N+](=O)[O-])SC.CCCCCCCCC1CC1(CCCCCCCC(=O)O)[N+](=O)[O-].CCCCCCCCC1CC1(CCCCCCCC(=O)O)[N+](=O)[O-].C[S-].C[S-]. The topological polar surface area (TPSA) is 322 Å². The number of hydrogen-bond acceptors (Lipinski definition) is 16. The van der Waals surface area contributed by atoms with Gasteiger partial charge in [0, 0.05) is 96.1 Å². The Morgan fingerprint density at radius 2 is 0.663 bits per heavy atom. The van der Waals surface area contributed by atoms with E-state index in [-0.39, 0.29) is 45.4 Å². The van der Waals surface area contributed by atoms with Gasteiger partial charge in [0.2, 0.25) is 17.1 Å². The largest absolute Gasteiger partial charge is 0.796 e. The molecule has 0 aliphatic heterocycles. The van der Waals surface area contributed by atoms with Crippen molar-refractivity contribution < 1.29 is 59.3 Å². The zero-order valence-corrected chi connectivity index (χ0v) is 70.2. The van der Waals surface area contributed by atoms with Crippen molar-refractivity contribution in [3.8, 4) is 0 Å². The standard InChI is InChI=1S/C20H39NO4S.C20H38NO4S.2C19H35NO4.2CH4S/c2*1-3-4-5-6-9-12-15-19(26-2)17-18(21(24)25)14-11-8-7-10-13-16-20(22)23;2*1-2-3-4-5-7-10-13-17-16-19(17,20(23)24)15-12-9-6-8-11-14-18(21)22;2*1-2/h18-19H,3-17H2,1-2H3,(H,22,23);19H,3-17H2,1-2H3,(H,22,23);2*17H,2-16H2,1H3,(H,21,22);2*2H,1H3/q;-1;;;;/p-2. The van der Waals surface area contributed by atoms with Gasteiger partial charge in [0.15, 0.2) is 0 Å². The van der Waals surface area contributed by atoms with E-state index in [1.807, 2.05) is 0 Å². The van der Waals surface area contributed by atoms with E-state index in [1.54, 1.807) is 36.0 Å². The molecule has 0 aromatic rings. The molecule has 104 heavy (non-hydrogen) atoms. The van der Waals surface area contributed by atoms with E-state index >= 15 is 0 Å². The highest BCUT2D eigenvalue weighted by atomic mass is 32.2. The van der Waals surface area contributed by atoms with Crippen LogP contribution < -0.4 is 0 Å².